The Bertz CT molecular complexity index is 485. The molecule has 0 spiro atoms. The second-order valence-electron chi connectivity index (χ2n) is 6.56. The van der Waals surface area contributed by atoms with Crippen molar-refractivity contribution in [2.24, 2.45) is 4.99 Å². The topological polar surface area (TPSA) is 21.6 Å². The molecule has 1 rings (SSSR count). The fraction of sp³-hybridized carbons (Fsp3) is 0.526. The van der Waals surface area contributed by atoms with Crippen LogP contribution in [0.5, 0.6) is 5.75 Å². The average Bonchev–Trinajstić information content (AvgIpc) is 2.41. The summed E-state index contributed by atoms with van der Waals surface area (Å²) in [6, 6.07) is 8.43. The number of hydrogen-bond acceptors (Lipinski definition) is 2. The summed E-state index contributed by atoms with van der Waals surface area (Å²) >= 11 is 0. The van der Waals surface area contributed by atoms with Gasteiger partial charge >= 0.3 is 0 Å². The van der Waals surface area contributed by atoms with Gasteiger partial charge in [-0.2, -0.15) is 0 Å². The van der Waals surface area contributed by atoms with Crippen LogP contribution in [0.3, 0.4) is 0 Å². The molecule has 0 unspecified atom stereocenters. The molecule has 1 aromatic carbocycles. The SMILES string of the molecule is CC=NC(CCCOc1ccc(C(C)(C)C)cc1)=C(C)C. The molecule has 0 heterocycles. The van der Waals surface area contributed by atoms with E-state index in [-0.39, 0.29) is 5.41 Å². The summed E-state index contributed by atoms with van der Waals surface area (Å²) in [4.78, 5) is 4.41. The van der Waals surface area contributed by atoms with Gasteiger partial charge in [-0.1, -0.05) is 38.5 Å². The van der Waals surface area contributed by atoms with E-state index in [1.807, 2.05) is 13.1 Å². The van der Waals surface area contributed by atoms with E-state index in [4.69, 9.17) is 4.74 Å². The van der Waals surface area contributed by atoms with Crippen molar-refractivity contribution in [3.05, 3.63) is 41.1 Å². The number of hydrogen-bond donors (Lipinski definition) is 0. The van der Waals surface area contributed by atoms with E-state index in [0.29, 0.717) is 0 Å². The standard InChI is InChI=1S/C19H29NO/c1-7-20-18(15(2)3)9-8-14-21-17-12-10-16(11-13-17)19(4,5)6/h7,10-13H,8-9,14H2,1-6H3. The minimum atomic E-state index is 0.190. The number of aliphatic imine (C=N–C) groups is 1. The summed E-state index contributed by atoms with van der Waals surface area (Å²) in [6.45, 7) is 13.6. The Hall–Kier alpha value is -1.57. The highest BCUT2D eigenvalue weighted by molar-refractivity contribution is 5.55. The predicted octanol–water partition coefficient (Wildman–Crippen LogP) is 5.53. The van der Waals surface area contributed by atoms with Crippen LogP contribution in [0, 0.1) is 0 Å². The highest BCUT2D eigenvalue weighted by atomic mass is 16.5. The van der Waals surface area contributed by atoms with Gasteiger partial charge in [-0.05, 0) is 56.7 Å². The maximum Gasteiger partial charge on any atom is 0.119 e. The van der Waals surface area contributed by atoms with Crippen LogP contribution in [0.2, 0.25) is 0 Å². The molecule has 116 valence electrons. The summed E-state index contributed by atoms with van der Waals surface area (Å²) in [5.74, 6) is 0.945. The van der Waals surface area contributed by atoms with Crippen LogP contribution in [-0.2, 0) is 5.41 Å². The Morgan fingerprint density at radius 2 is 1.76 bits per heavy atom. The zero-order chi connectivity index (χ0) is 15.9. The van der Waals surface area contributed by atoms with Gasteiger partial charge in [0.25, 0.3) is 0 Å². The highest BCUT2D eigenvalue weighted by Crippen LogP contribution is 2.24. The quantitative estimate of drug-likeness (QED) is 0.498. The smallest absolute Gasteiger partial charge is 0.119 e. The molecule has 1 aromatic rings. The molecule has 0 N–H and O–H groups in total. The van der Waals surface area contributed by atoms with Gasteiger partial charge in [-0.25, -0.2) is 0 Å². The molecule has 0 bridgehead atoms. The average molecular weight is 287 g/mol. The summed E-state index contributed by atoms with van der Waals surface area (Å²) in [5, 5.41) is 0. The molecule has 0 aromatic heterocycles. The molecule has 2 nitrogen and oxygen atoms in total. The van der Waals surface area contributed by atoms with Gasteiger partial charge in [0.15, 0.2) is 0 Å². The predicted molar refractivity (Wildman–Crippen MR) is 92.4 cm³/mol. The zero-order valence-corrected chi connectivity index (χ0v) is 14.4. The van der Waals surface area contributed by atoms with Crippen molar-refractivity contribution in [1.29, 1.82) is 0 Å². The van der Waals surface area contributed by atoms with Crippen molar-refractivity contribution in [3.63, 3.8) is 0 Å². The second kappa shape index (κ2) is 8.02. The number of nitrogens with zero attached hydrogens (tertiary/aromatic N) is 1. The van der Waals surface area contributed by atoms with Crippen molar-refractivity contribution in [1.82, 2.24) is 0 Å². The fourth-order valence-corrected chi connectivity index (χ4v) is 2.08. The molecule has 0 saturated heterocycles. The van der Waals surface area contributed by atoms with Gasteiger partial charge in [-0.3, -0.25) is 4.99 Å². The van der Waals surface area contributed by atoms with Crippen molar-refractivity contribution in [2.45, 2.75) is 59.8 Å². The Morgan fingerprint density at radius 3 is 2.24 bits per heavy atom. The monoisotopic (exact) mass is 287 g/mol. The third-order valence-corrected chi connectivity index (χ3v) is 3.41. The van der Waals surface area contributed by atoms with Gasteiger partial charge in [0.1, 0.15) is 5.75 Å². The maximum atomic E-state index is 5.81. The van der Waals surface area contributed by atoms with Crippen molar-refractivity contribution < 1.29 is 4.74 Å². The van der Waals surface area contributed by atoms with E-state index in [1.54, 1.807) is 0 Å². The van der Waals surface area contributed by atoms with E-state index in [2.05, 4.69) is 63.9 Å². The summed E-state index contributed by atoms with van der Waals surface area (Å²) in [5.41, 5.74) is 3.97. The van der Waals surface area contributed by atoms with E-state index in [0.717, 1.165) is 25.2 Å². The lowest BCUT2D eigenvalue weighted by Crippen LogP contribution is -2.10. The molecule has 21 heavy (non-hydrogen) atoms. The summed E-state index contributed by atoms with van der Waals surface area (Å²) < 4.78 is 5.81. The Labute approximate surface area is 129 Å². The molecule has 0 atom stereocenters. The van der Waals surface area contributed by atoms with Gasteiger partial charge in [0, 0.05) is 11.9 Å². The van der Waals surface area contributed by atoms with Gasteiger partial charge < -0.3 is 4.74 Å². The first-order valence-electron chi connectivity index (χ1n) is 7.73. The fourth-order valence-electron chi connectivity index (χ4n) is 2.08. The van der Waals surface area contributed by atoms with E-state index < -0.39 is 0 Å². The van der Waals surface area contributed by atoms with E-state index in [1.165, 1.54) is 16.8 Å². The molecule has 2 heteroatoms. The molecular weight excluding hydrogens is 258 g/mol. The second-order valence-corrected chi connectivity index (χ2v) is 6.56. The lowest BCUT2D eigenvalue weighted by molar-refractivity contribution is 0.310. The van der Waals surface area contributed by atoms with Crippen molar-refractivity contribution in [2.75, 3.05) is 6.61 Å². The largest absolute Gasteiger partial charge is 0.494 e. The first kappa shape index (κ1) is 17.5. The number of ether oxygens (including phenoxy) is 1. The van der Waals surface area contributed by atoms with Crippen LogP contribution in [0.15, 0.2) is 40.5 Å². The molecule has 0 saturated carbocycles. The third kappa shape index (κ3) is 6.16. The molecular formula is C19H29NO. The molecule has 0 fully saturated rings. The highest BCUT2D eigenvalue weighted by Gasteiger charge is 2.12. The number of benzene rings is 1. The summed E-state index contributed by atoms with van der Waals surface area (Å²) in [6.07, 6.45) is 3.81. The minimum absolute atomic E-state index is 0.190. The van der Waals surface area contributed by atoms with Crippen LogP contribution in [0.1, 0.15) is 59.9 Å². The maximum absolute atomic E-state index is 5.81. The van der Waals surface area contributed by atoms with Crippen LogP contribution in [0.4, 0.5) is 0 Å². The van der Waals surface area contributed by atoms with E-state index in [9.17, 15) is 0 Å². The normalized spacial score (nSPS) is 11.7. The van der Waals surface area contributed by atoms with Crippen molar-refractivity contribution in [3.8, 4) is 5.75 Å². The lowest BCUT2D eigenvalue weighted by Gasteiger charge is -2.19. The van der Waals surface area contributed by atoms with Gasteiger partial charge in [0.05, 0.1) is 6.61 Å². The third-order valence-electron chi connectivity index (χ3n) is 3.41. The first-order chi connectivity index (χ1) is 9.84. The molecule has 0 aliphatic heterocycles. The van der Waals surface area contributed by atoms with Crippen molar-refractivity contribution >= 4 is 6.21 Å². The molecule has 0 amide bonds. The van der Waals surface area contributed by atoms with Gasteiger partial charge in [0.2, 0.25) is 0 Å². The Balaban J connectivity index is 2.45. The minimum Gasteiger partial charge on any atom is -0.494 e. The lowest BCUT2D eigenvalue weighted by atomic mass is 9.87. The number of allylic oxidation sites excluding steroid dienone is 2. The van der Waals surface area contributed by atoms with Crippen LogP contribution in [0.25, 0.3) is 0 Å². The summed E-state index contributed by atoms with van der Waals surface area (Å²) in [7, 11) is 0. The zero-order valence-electron chi connectivity index (χ0n) is 14.4. The molecule has 0 aliphatic carbocycles. The van der Waals surface area contributed by atoms with E-state index >= 15 is 0 Å². The Kier molecular flexibility index (Phi) is 6.67. The van der Waals surface area contributed by atoms with Crippen LogP contribution < -0.4 is 4.74 Å². The molecule has 0 radical (unpaired) electrons. The van der Waals surface area contributed by atoms with Crippen LogP contribution >= 0.6 is 0 Å². The van der Waals surface area contributed by atoms with Crippen LogP contribution in [-0.4, -0.2) is 12.8 Å². The Morgan fingerprint density at radius 1 is 1.14 bits per heavy atom. The molecule has 0 aliphatic rings. The number of rotatable bonds is 6. The van der Waals surface area contributed by atoms with Gasteiger partial charge in [-0.15, -0.1) is 0 Å². The first-order valence-corrected chi connectivity index (χ1v) is 7.73.